The molecule has 1 saturated heterocycles. The van der Waals surface area contributed by atoms with Crippen molar-refractivity contribution in [2.75, 3.05) is 49.5 Å². The average molecular weight is 446 g/mol. The highest BCUT2D eigenvalue weighted by Gasteiger charge is 2.19. The quantitative estimate of drug-likeness (QED) is 0.657. The summed E-state index contributed by atoms with van der Waals surface area (Å²) in [6.45, 7) is 5.18. The van der Waals surface area contributed by atoms with Gasteiger partial charge >= 0.3 is 0 Å². The second kappa shape index (κ2) is 9.73. The number of piperazine rings is 1. The molecule has 0 unspecified atom stereocenters. The fraction of sp³-hybridized carbons (Fsp3) is 0.348. The Labute approximate surface area is 187 Å². The number of fused-ring (bicyclic) bond motifs is 1. The van der Waals surface area contributed by atoms with Crippen LogP contribution in [0.25, 0.3) is 0 Å². The average Bonchev–Trinajstić information content (AvgIpc) is 2.76. The molecule has 0 saturated carbocycles. The number of hydrogen-bond donors (Lipinski definition) is 1. The minimum absolute atomic E-state index is 0.0669. The van der Waals surface area contributed by atoms with E-state index >= 15 is 0 Å². The summed E-state index contributed by atoms with van der Waals surface area (Å²) < 4.78 is 5.80. The Bertz CT molecular complexity index is 940. The Morgan fingerprint density at radius 1 is 1.03 bits per heavy atom. The van der Waals surface area contributed by atoms with Crippen LogP contribution in [0.1, 0.15) is 12.0 Å². The maximum absolute atomic E-state index is 11.5. The van der Waals surface area contributed by atoms with Crippen molar-refractivity contribution in [3.8, 4) is 5.75 Å². The van der Waals surface area contributed by atoms with Crippen LogP contribution in [0.2, 0.25) is 10.0 Å². The van der Waals surface area contributed by atoms with E-state index < -0.39 is 0 Å². The van der Waals surface area contributed by atoms with Gasteiger partial charge in [-0.25, -0.2) is 0 Å². The third-order valence-corrected chi connectivity index (χ3v) is 6.31. The van der Waals surface area contributed by atoms with Crippen LogP contribution in [0.3, 0.4) is 0 Å². The number of aryl methyl sites for hydroxylation is 1. The van der Waals surface area contributed by atoms with E-state index in [1.165, 1.54) is 0 Å². The maximum atomic E-state index is 11.5. The molecule has 0 spiro atoms. The molecule has 158 valence electrons. The summed E-state index contributed by atoms with van der Waals surface area (Å²) in [4.78, 5) is 16.2. The fourth-order valence-electron chi connectivity index (χ4n) is 3.78. The summed E-state index contributed by atoms with van der Waals surface area (Å²) in [7, 11) is 0. The lowest BCUT2D eigenvalue weighted by Gasteiger charge is -2.36. The standard InChI is InChI=1S/C23H25Cl2N3O2/c24-19-4-3-5-21(23(19)25)28-13-11-27(12-14-28)10-1-2-15-30-18-8-6-17-7-9-22(29)26-20(17)16-18/h1-6,8,16H,7,9-15H2,(H,26,29). The van der Waals surface area contributed by atoms with Crippen molar-refractivity contribution in [1.82, 2.24) is 4.90 Å². The van der Waals surface area contributed by atoms with Gasteiger partial charge in [0, 0.05) is 50.9 Å². The van der Waals surface area contributed by atoms with Gasteiger partial charge in [-0.2, -0.15) is 0 Å². The van der Waals surface area contributed by atoms with Crippen molar-refractivity contribution in [2.24, 2.45) is 0 Å². The third kappa shape index (κ3) is 5.09. The molecule has 30 heavy (non-hydrogen) atoms. The second-order valence-corrected chi connectivity index (χ2v) is 8.30. The van der Waals surface area contributed by atoms with Crippen LogP contribution in [0.4, 0.5) is 11.4 Å². The molecule has 0 aromatic heterocycles. The molecule has 2 aromatic rings. The lowest BCUT2D eigenvalue weighted by atomic mass is 10.0. The van der Waals surface area contributed by atoms with Crippen LogP contribution in [-0.4, -0.2) is 50.1 Å². The smallest absolute Gasteiger partial charge is 0.224 e. The SMILES string of the molecule is O=C1CCc2ccc(OCC=CCN3CCN(c4cccc(Cl)c4Cl)CC3)cc2N1. The summed E-state index contributed by atoms with van der Waals surface area (Å²) in [5, 5.41) is 4.13. The van der Waals surface area contributed by atoms with E-state index in [1.54, 1.807) is 0 Å². The number of nitrogens with one attached hydrogen (secondary N) is 1. The first-order valence-electron chi connectivity index (χ1n) is 10.2. The molecule has 2 aliphatic heterocycles. The first kappa shape index (κ1) is 21.0. The van der Waals surface area contributed by atoms with Gasteiger partial charge in [-0.15, -0.1) is 0 Å². The van der Waals surface area contributed by atoms with E-state index in [2.05, 4.69) is 21.2 Å². The van der Waals surface area contributed by atoms with Crippen molar-refractivity contribution in [1.29, 1.82) is 0 Å². The number of rotatable bonds is 6. The molecule has 2 aliphatic rings. The van der Waals surface area contributed by atoms with Crippen molar-refractivity contribution in [3.05, 3.63) is 64.2 Å². The Morgan fingerprint density at radius 3 is 2.70 bits per heavy atom. The Hall–Kier alpha value is -2.21. The monoisotopic (exact) mass is 445 g/mol. The molecule has 0 bridgehead atoms. The number of carbonyl (C=O) groups excluding carboxylic acids is 1. The first-order valence-corrected chi connectivity index (χ1v) is 11.0. The van der Waals surface area contributed by atoms with Gasteiger partial charge in [0.05, 0.1) is 15.7 Å². The van der Waals surface area contributed by atoms with Crippen molar-refractivity contribution < 1.29 is 9.53 Å². The van der Waals surface area contributed by atoms with Crippen LogP contribution in [0.5, 0.6) is 5.75 Å². The predicted molar refractivity (Wildman–Crippen MR) is 123 cm³/mol. The maximum Gasteiger partial charge on any atom is 0.224 e. The summed E-state index contributed by atoms with van der Waals surface area (Å²) >= 11 is 12.5. The van der Waals surface area contributed by atoms with Crippen LogP contribution >= 0.6 is 23.2 Å². The predicted octanol–water partition coefficient (Wildman–Crippen LogP) is 4.64. The van der Waals surface area contributed by atoms with E-state index in [1.807, 2.05) is 42.5 Å². The van der Waals surface area contributed by atoms with Crippen LogP contribution < -0.4 is 15.0 Å². The normalized spacial score (nSPS) is 17.1. The minimum Gasteiger partial charge on any atom is -0.489 e. The van der Waals surface area contributed by atoms with E-state index in [0.717, 1.165) is 61.8 Å². The molecule has 1 amide bonds. The van der Waals surface area contributed by atoms with Gasteiger partial charge in [0.1, 0.15) is 12.4 Å². The summed E-state index contributed by atoms with van der Waals surface area (Å²) in [6.07, 6.45) is 5.52. The molecule has 0 aliphatic carbocycles. The molecule has 1 N–H and O–H groups in total. The molecule has 5 nitrogen and oxygen atoms in total. The number of carbonyl (C=O) groups is 1. The number of nitrogens with zero attached hydrogens (tertiary/aromatic N) is 2. The van der Waals surface area contributed by atoms with Crippen molar-refractivity contribution in [2.45, 2.75) is 12.8 Å². The molecular weight excluding hydrogens is 421 g/mol. The largest absolute Gasteiger partial charge is 0.489 e. The zero-order valence-electron chi connectivity index (χ0n) is 16.7. The third-order valence-electron chi connectivity index (χ3n) is 5.50. The van der Waals surface area contributed by atoms with Crippen molar-refractivity contribution >= 4 is 40.5 Å². The van der Waals surface area contributed by atoms with Crippen molar-refractivity contribution in [3.63, 3.8) is 0 Å². The molecule has 0 radical (unpaired) electrons. The van der Waals surface area contributed by atoms with Gasteiger partial charge in [-0.05, 0) is 30.2 Å². The first-order chi connectivity index (χ1) is 14.6. The summed E-state index contributed by atoms with van der Waals surface area (Å²) in [5.74, 6) is 0.838. The van der Waals surface area contributed by atoms with E-state index in [4.69, 9.17) is 27.9 Å². The fourth-order valence-corrected chi connectivity index (χ4v) is 4.20. The van der Waals surface area contributed by atoms with Gasteiger partial charge in [0.25, 0.3) is 0 Å². The topological polar surface area (TPSA) is 44.8 Å². The molecular formula is C23H25Cl2N3O2. The van der Waals surface area contributed by atoms with Gasteiger partial charge in [-0.1, -0.05) is 47.5 Å². The number of halogens is 2. The summed E-state index contributed by atoms with van der Waals surface area (Å²) in [6, 6.07) is 11.7. The van der Waals surface area contributed by atoms with Crippen LogP contribution in [0.15, 0.2) is 48.6 Å². The van der Waals surface area contributed by atoms with Crippen LogP contribution in [0, 0.1) is 0 Å². The van der Waals surface area contributed by atoms with E-state index in [-0.39, 0.29) is 5.91 Å². The Balaban J connectivity index is 1.20. The van der Waals surface area contributed by atoms with E-state index in [9.17, 15) is 4.79 Å². The Morgan fingerprint density at radius 2 is 1.87 bits per heavy atom. The summed E-state index contributed by atoms with van der Waals surface area (Å²) in [5.41, 5.74) is 3.04. The highest BCUT2D eigenvalue weighted by molar-refractivity contribution is 6.43. The number of benzene rings is 2. The van der Waals surface area contributed by atoms with Gasteiger partial charge in [-0.3, -0.25) is 9.69 Å². The highest BCUT2D eigenvalue weighted by Crippen LogP contribution is 2.33. The van der Waals surface area contributed by atoms with Crippen LogP contribution in [-0.2, 0) is 11.2 Å². The van der Waals surface area contributed by atoms with E-state index in [0.29, 0.717) is 23.1 Å². The second-order valence-electron chi connectivity index (χ2n) is 7.51. The highest BCUT2D eigenvalue weighted by atomic mass is 35.5. The zero-order chi connectivity index (χ0) is 20.9. The number of hydrogen-bond acceptors (Lipinski definition) is 4. The molecule has 7 heteroatoms. The lowest BCUT2D eigenvalue weighted by Crippen LogP contribution is -2.46. The molecule has 2 heterocycles. The number of amides is 1. The van der Waals surface area contributed by atoms with Gasteiger partial charge in [0.15, 0.2) is 0 Å². The number of ether oxygens (including phenoxy) is 1. The molecule has 2 aromatic carbocycles. The molecule has 4 rings (SSSR count). The molecule has 1 fully saturated rings. The Kier molecular flexibility index (Phi) is 6.82. The number of anilines is 2. The van der Waals surface area contributed by atoms with Gasteiger partial charge < -0.3 is 15.0 Å². The zero-order valence-corrected chi connectivity index (χ0v) is 18.3. The lowest BCUT2D eigenvalue weighted by molar-refractivity contribution is -0.116. The van der Waals surface area contributed by atoms with Gasteiger partial charge in [0.2, 0.25) is 5.91 Å². The minimum atomic E-state index is 0.0669. The molecule has 0 atom stereocenters.